The first-order valence-corrected chi connectivity index (χ1v) is 6.60. The van der Waals surface area contributed by atoms with Crippen molar-refractivity contribution in [3.05, 3.63) is 21.4 Å². The number of aryl methyl sites for hydroxylation is 2. The van der Waals surface area contributed by atoms with Crippen molar-refractivity contribution >= 4 is 11.3 Å². The van der Waals surface area contributed by atoms with E-state index in [-0.39, 0.29) is 6.54 Å². The molecule has 18 heavy (non-hydrogen) atoms. The van der Waals surface area contributed by atoms with Crippen LogP contribution in [0.3, 0.4) is 0 Å². The number of alkyl halides is 3. The van der Waals surface area contributed by atoms with E-state index < -0.39 is 12.1 Å². The molecule has 0 spiro atoms. The van der Waals surface area contributed by atoms with Gasteiger partial charge in [-0.1, -0.05) is 0 Å². The molecular weight excluding hydrogens is 261 g/mol. The Balaban J connectivity index is 1.83. The van der Waals surface area contributed by atoms with Crippen LogP contribution in [0.1, 0.15) is 21.7 Å². The van der Waals surface area contributed by atoms with E-state index >= 15 is 0 Å². The number of thiophene rings is 1. The summed E-state index contributed by atoms with van der Waals surface area (Å²) in [6, 6.07) is 3.35. The van der Waals surface area contributed by atoms with Crippen LogP contribution in [0, 0.1) is 17.2 Å². The summed E-state index contributed by atoms with van der Waals surface area (Å²) in [6.07, 6.45) is -1.10. The molecule has 1 aliphatic carbocycles. The second-order valence-electron chi connectivity index (χ2n) is 4.37. The highest BCUT2D eigenvalue weighted by molar-refractivity contribution is 7.12. The maximum Gasteiger partial charge on any atom is 0.405 e. The van der Waals surface area contributed by atoms with Gasteiger partial charge in [0.15, 0.2) is 5.92 Å². The number of halogens is 3. The highest BCUT2D eigenvalue weighted by atomic mass is 32.1. The second kappa shape index (κ2) is 5.29. The number of fused-ring (bicyclic) bond motifs is 1. The predicted octanol–water partition coefficient (Wildman–Crippen LogP) is 3.03. The molecule has 6 heteroatoms. The molecule has 0 aliphatic heterocycles. The third kappa shape index (κ3) is 3.03. The summed E-state index contributed by atoms with van der Waals surface area (Å²) in [5.41, 5.74) is 1.34. The predicted molar refractivity (Wildman–Crippen MR) is 63.2 cm³/mol. The number of hydrogen-bond acceptors (Lipinski definition) is 3. The highest BCUT2D eigenvalue weighted by Crippen LogP contribution is 2.30. The van der Waals surface area contributed by atoms with Crippen LogP contribution in [0.4, 0.5) is 13.2 Å². The minimum absolute atomic E-state index is 0.345. The monoisotopic (exact) mass is 274 g/mol. The zero-order valence-electron chi connectivity index (χ0n) is 9.68. The van der Waals surface area contributed by atoms with Gasteiger partial charge in [0, 0.05) is 22.8 Å². The van der Waals surface area contributed by atoms with Crippen molar-refractivity contribution in [2.24, 2.45) is 5.92 Å². The van der Waals surface area contributed by atoms with E-state index in [1.165, 1.54) is 22.9 Å². The number of rotatable bonds is 4. The van der Waals surface area contributed by atoms with Gasteiger partial charge >= 0.3 is 6.18 Å². The van der Waals surface area contributed by atoms with Crippen molar-refractivity contribution in [3.63, 3.8) is 0 Å². The van der Waals surface area contributed by atoms with E-state index in [0.717, 1.165) is 17.7 Å². The summed E-state index contributed by atoms with van der Waals surface area (Å²) in [5, 5.41) is 11.2. The smallest absolute Gasteiger partial charge is 0.310 e. The molecule has 0 saturated carbocycles. The summed E-state index contributed by atoms with van der Waals surface area (Å²) in [4.78, 5) is 2.41. The molecule has 1 unspecified atom stereocenters. The molecule has 1 atom stereocenters. The van der Waals surface area contributed by atoms with Crippen LogP contribution in [0.5, 0.6) is 0 Å². The number of nitriles is 1. The lowest BCUT2D eigenvalue weighted by molar-refractivity contribution is -0.157. The maximum absolute atomic E-state index is 12.3. The molecule has 98 valence electrons. The summed E-state index contributed by atoms with van der Waals surface area (Å²) in [7, 11) is 0. The Morgan fingerprint density at radius 3 is 2.83 bits per heavy atom. The molecule has 1 heterocycles. The Hall–Kier alpha value is -1.06. The minimum Gasteiger partial charge on any atom is -0.310 e. The van der Waals surface area contributed by atoms with Gasteiger partial charge in [-0.15, -0.1) is 11.3 Å². The Labute approximate surface area is 107 Å². The van der Waals surface area contributed by atoms with Crippen LogP contribution >= 0.6 is 11.3 Å². The van der Waals surface area contributed by atoms with Gasteiger partial charge in [0.2, 0.25) is 0 Å². The summed E-state index contributed by atoms with van der Waals surface area (Å²) in [6.45, 7) is 0.0640. The lowest BCUT2D eigenvalue weighted by Crippen LogP contribution is -2.32. The van der Waals surface area contributed by atoms with Crippen molar-refractivity contribution in [2.75, 3.05) is 6.54 Å². The Morgan fingerprint density at radius 1 is 1.44 bits per heavy atom. The van der Waals surface area contributed by atoms with Crippen LogP contribution < -0.4 is 5.32 Å². The fourth-order valence-corrected chi connectivity index (χ4v) is 3.28. The number of hydrogen-bond donors (Lipinski definition) is 1. The van der Waals surface area contributed by atoms with E-state index in [1.807, 2.05) is 0 Å². The second-order valence-corrected chi connectivity index (χ2v) is 5.59. The van der Waals surface area contributed by atoms with Crippen molar-refractivity contribution in [2.45, 2.75) is 32.0 Å². The van der Waals surface area contributed by atoms with Gasteiger partial charge in [0.25, 0.3) is 0 Å². The van der Waals surface area contributed by atoms with Gasteiger partial charge in [-0.3, -0.25) is 0 Å². The van der Waals surface area contributed by atoms with Crippen LogP contribution in [0.15, 0.2) is 6.07 Å². The Bertz CT molecular complexity index is 437. The molecule has 0 bridgehead atoms. The minimum atomic E-state index is -4.45. The zero-order valence-corrected chi connectivity index (χ0v) is 10.5. The fraction of sp³-hybridized carbons (Fsp3) is 0.583. The highest BCUT2D eigenvalue weighted by Gasteiger charge is 2.39. The quantitative estimate of drug-likeness (QED) is 0.916. The van der Waals surface area contributed by atoms with Crippen LogP contribution in [0.25, 0.3) is 0 Å². The van der Waals surface area contributed by atoms with E-state index in [2.05, 4.69) is 11.4 Å². The van der Waals surface area contributed by atoms with Gasteiger partial charge in [-0.2, -0.15) is 18.4 Å². The molecule has 2 rings (SSSR count). The molecule has 1 aromatic heterocycles. The van der Waals surface area contributed by atoms with Gasteiger partial charge in [-0.05, 0) is 30.9 Å². The van der Waals surface area contributed by atoms with E-state index in [4.69, 9.17) is 5.26 Å². The SMILES string of the molecule is N#CC(CNCc1cc2c(s1)CCC2)C(F)(F)F. The average Bonchev–Trinajstić information content (AvgIpc) is 2.82. The normalized spacial score (nSPS) is 16.3. The van der Waals surface area contributed by atoms with Gasteiger partial charge < -0.3 is 5.32 Å². The first-order valence-electron chi connectivity index (χ1n) is 5.78. The van der Waals surface area contributed by atoms with Gasteiger partial charge in [-0.25, -0.2) is 0 Å². The summed E-state index contributed by atoms with van der Waals surface area (Å²) >= 11 is 1.66. The molecule has 1 aliphatic rings. The lowest BCUT2D eigenvalue weighted by Gasteiger charge is -2.13. The molecule has 0 saturated heterocycles. The van der Waals surface area contributed by atoms with Gasteiger partial charge in [0.1, 0.15) is 0 Å². The molecule has 0 amide bonds. The van der Waals surface area contributed by atoms with Gasteiger partial charge in [0.05, 0.1) is 6.07 Å². The first kappa shape index (κ1) is 13.4. The maximum atomic E-state index is 12.3. The van der Waals surface area contributed by atoms with Crippen molar-refractivity contribution in [1.82, 2.24) is 5.32 Å². The molecule has 1 aromatic rings. The molecular formula is C12H13F3N2S. The fourth-order valence-electron chi connectivity index (χ4n) is 2.05. The summed E-state index contributed by atoms with van der Waals surface area (Å²) in [5.74, 6) is -1.93. The largest absolute Gasteiger partial charge is 0.405 e. The van der Waals surface area contributed by atoms with E-state index in [9.17, 15) is 13.2 Å². The topological polar surface area (TPSA) is 35.8 Å². The van der Waals surface area contributed by atoms with E-state index in [0.29, 0.717) is 6.54 Å². The molecule has 0 fully saturated rings. The Morgan fingerprint density at radius 2 is 2.22 bits per heavy atom. The molecule has 0 radical (unpaired) electrons. The number of nitrogens with zero attached hydrogens (tertiary/aromatic N) is 1. The third-order valence-corrected chi connectivity index (χ3v) is 4.23. The lowest BCUT2D eigenvalue weighted by atomic mass is 10.1. The molecule has 1 N–H and O–H groups in total. The van der Waals surface area contributed by atoms with Crippen LogP contribution in [0.2, 0.25) is 0 Å². The zero-order chi connectivity index (χ0) is 13.2. The average molecular weight is 274 g/mol. The number of nitrogens with one attached hydrogen (secondary N) is 1. The first-order chi connectivity index (χ1) is 8.50. The van der Waals surface area contributed by atoms with Crippen LogP contribution in [-0.2, 0) is 19.4 Å². The molecule has 2 nitrogen and oxygen atoms in total. The third-order valence-electron chi connectivity index (χ3n) is 3.00. The van der Waals surface area contributed by atoms with Crippen molar-refractivity contribution < 1.29 is 13.2 Å². The standard InChI is InChI=1S/C12H13F3N2S/c13-12(14,15)9(5-16)6-17-7-10-4-8-2-1-3-11(8)18-10/h4,9,17H,1-3,6-7H2. The van der Waals surface area contributed by atoms with Crippen LogP contribution in [-0.4, -0.2) is 12.7 Å². The Kier molecular flexibility index (Phi) is 3.93. The van der Waals surface area contributed by atoms with E-state index in [1.54, 1.807) is 11.3 Å². The summed E-state index contributed by atoms with van der Waals surface area (Å²) < 4.78 is 37.0. The van der Waals surface area contributed by atoms with Crippen molar-refractivity contribution in [3.8, 4) is 6.07 Å². The molecule has 0 aromatic carbocycles. The van der Waals surface area contributed by atoms with Crippen molar-refractivity contribution in [1.29, 1.82) is 5.26 Å².